The molecule has 4 heterocycles. The number of halogens is 2. The second-order valence-electron chi connectivity index (χ2n) is 8.64. The molecule has 1 aromatic carbocycles. The summed E-state index contributed by atoms with van der Waals surface area (Å²) in [5, 5.41) is 1.33. The second kappa shape index (κ2) is 8.96. The number of rotatable bonds is 6. The van der Waals surface area contributed by atoms with E-state index < -0.39 is 6.61 Å². The maximum Gasteiger partial charge on any atom is 0.387 e. The number of alkyl halides is 2. The highest BCUT2D eigenvalue weighted by molar-refractivity contribution is 6.08. The number of amides is 2. The average molecular weight is 457 g/mol. The van der Waals surface area contributed by atoms with Gasteiger partial charge < -0.3 is 19.0 Å². The molecule has 1 atom stereocenters. The van der Waals surface area contributed by atoms with Gasteiger partial charge in [-0.25, -0.2) is 0 Å². The molecule has 0 saturated carbocycles. The lowest BCUT2D eigenvalue weighted by molar-refractivity contribution is -0.133. The third-order valence-corrected chi connectivity index (χ3v) is 6.59. The summed E-state index contributed by atoms with van der Waals surface area (Å²) in [6.07, 6.45) is 7.02. The number of hydrogen-bond acceptors (Lipinski definition) is 5. The van der Waals surface area contributed by atoms with Crippen molar-refractivity contribution in [3.05, 3.63) is 36.2 Å². The van der Waals surface area contributed by atoms with E-state index in [-0.39, 0.29) is 35.5 Å². The zero-order valence-electron chi connectivity index (χ0n) is 18.1. The van der Waals surface area contributed by atoms with Crippen LogP contribution >= 0.6 is 0 Å². The van der Waals surface area contributed by atoms with E-state index in [2.05, 4.69) is 9.72 Å². The SMILES string of the molecule is O=C(CCN1CC(c2ccc(OC(F)F)c3oc4ccncc4c23)CC1=O)N1CCCCC1. The fourth-order valence-corrected chi connectivity index (χ4v) is 4.98. The fourth-order valence-electron chi connectivity index (χ4n) is 4.98. The molecule has 1 unspecified atom stereocenters. The highest BCUT2D eigenvalue weighted by Crippen LogP contribution is 2.42. The van der Waals surface area contributed by atoms with Gasteiger partial charge in [-0.15, -0.1) is 0 Å². The Kier molecular flexibility index (Phi) is 5.86. The number of carbonyl (C=O) groups is 2. The monoisotopic (exact) mass is 457 g/mol. The van der Waals surface area contributed by atoms with Gasteiger partial charge in [-0.1, -0.05) is 6.07 Å². The molecule has 7 nitrogen and oxygen atoms in total. The quantitative estimate of drug-likeness (QED) is 0.552. The molecule has 0 aliphatic carbocycles. The molecule has 0 N–H and O–H groups in total. The van der Waals surface area contributed by atoms with Gasteiger partial charge in [0.15, 0.2) is 11.3 Å². The summed E-state index contributed by atoms with van der Waals surface area (Å²) in [5.74, 6) is -0.118. The van der Waals surface area contributed by atoms with Crippen molar-refractivity contribution in [1.82, 2.24) is 14.8 Å². The maximum atomic E-state index is 12.9. The molecule has 2 aliphatic heterocycles. The van der Waals surface area contributed by atoms with Crippen LogP contribution in [-0.4, -0.2) is 59.4 Å². The van der Waals surface area contributed by atoms with Crippen molar-refractivity contribution in [2.45, 2.75) is 44.6 Å². The van der Waals surface area contributed by atoms with Gasteiger partial charge >= 0.3 is 6.61 Å². The maximum absolute atomic E-state index is 12.9. The van der Waals surface area contributed by atoms with Gasteiger partial charge in [0, 0.05) is 68.1 Å². The van der Waals surface area contributed by atoms with Crippen LogP contribution in [0, 0.1) is 0 Å². The Hall–Kier alpha value is -3.23. The van der Waals surface area contributed by atoms with Crippen LogP contribution < -0.4 is 4.74 Å². The predicted octanol–water partition coefficient (Wildman–Crippen LogP) is 4.30. The van der Waals surface area contributed by atoms with E-state index >= 15 is 0 Å². The number of likely N-dealkylation sites (tertiary alicyclic amines) is 2. The van der Waals surface area contributed by atoms with Crippen LogP contribution in [0.3, 0.4) is 0 Å². The van der Waals surface area contributed by atoms with Gasteiger partial charge in [-0.2, -0.15) is 8.78 Å². The summed E-state index contributed by atoms with van der Waals surface area (Å²) in [4.78, 5) is 33.0. The Morgan fingerprint density at radius 3 is 2.82 bits per heavy atom. The second-order valence-corrected chi connectivity index (χ2v) is 8.64. The Morgan fingerprint density at radius 2 is 2.03 bits per heavy atom. The lowest BCUT2D eigenvalue weighted by Crippen LogP contribution is -2.38. The van der Waals surface area contributed by atoms with Gasteiger partial charge in [0.2, 0.25) is 11.8 Å². The molecule has 2 fully saturated rings. The molecule has 0 spiro atoms. The van der Waals surface area contributed by atoms with Crippen molar-refractivity contribution in [3.8, 4) is 5.75 Å². The highest BCUT2D eigenvalue weighted by atomic mass is 19.3. The molecule has 0 radical (unpaired) electrons. The minimum atomic E-state index is -2.98. The molecule has 3 aromatic rings. The van der Waals surface area contributed by atoms with E-state index in [1.54, 1.807) is 29.4 Å². The van der Waals surface area contributed by atoms with Gasteiger partial charge in [-0.3, -0.25) is 14.6 Å². The van der Waals surface area contributed by atoms with E-state index in [1.807, 2.05) is 4.90 Å². The van der Waals surface area contributed by atoms with Crippen LogP contribution in [0.4, 0.5) is 8.78 Å². The predicted molar refractivity (Wildman–Crippen MR) is 117 cm³/mol. The van der Waals surface area contributed by atoms with Gasteiger partial charge in [0.25, 0.3) is 0 Å². The molecule has 33 heavy (non-hydrogen) atoms. The fraction of sp³-hybridized carbons (Fsp3) is 0.458. The van der Waals surface area contributed by atoms with Crippen LogP contribution in [0.5, 0.6) is 5.75 Å². The van der Waals surface area contributed by atoms with Gasteiger partial charge in [-0.05, 0) is 37.0 Å². The number of aromatic nitrogens is 1. The van der Waals surface area contributed by atoms with Gasteiger partial charge in [0.05, 0.1) is 0 Å². The van der Waals surface area contributed by atoms with E-state index in [0.717, 1.165) is 37.9 Å². The standard InChI is InChI=1S/C24H25F2N3O4/c25-24(26)33-19-5-4-16(22-17-13-27-8-6-18(17)32-23(19)22)15-12-21(31)29(14-15)11-7-20(30)28-9-2-1-3-10-28/h4-6,8,13,15,24H,1-3,7,9-12,14H2. The largest absolute Gasteiger partial charge is 0.452 e. The topological polar surface area (TPSA) is 75.9 Å². The minimum Gasteiger partial charge on any atom is -0.452 e. The first kappa shape index (κ1) is 21.6. The average Bonchev–Trinajstić information content (AvgIpc) is 3.39. The van der Waals surface area contributed by atoms with Crippen molar-refractivity contribution in [3.63, 3.8) is 0 Å². The first-order chi connectivity index (χ1) is 16.0. The smallest absolute Gasteiger partial charge is 0.387 e. The number of benzene rings is 1. The van der Waals surface area contributed by atoms with Crippen molar-refractivity contribution in [2.24, 2.45) is 0 Å². The third kappa shape index (κ3) is 4.24. The van der Waals surface area contributed by atoms with Crippen LogP contribution in [0.15, 0.2) is 35.0 Å². The summed E-state index contributed by atoms with van der Waals surface area (Å²) in [6, 6.07) is 4.86. The number of piperidine rings is 1. The van der Waals surface area contributed by atoms with Crippen LogP contribution in [0.2, 0.25) is 0 Å². The highest BCUT2D eigenvalue weighted by Gasteiger charge is 2.33. The number of carbonyl (C=O) groups excluding carboxylic acids is 2. The van der Waals surface area contributed by atoms with E-state index in [9.17, 15) is 18.4 Å². The van der Waals surface area contributed by atoms with E-state index in [4.69, 9.17) is 4.42 Å². The molecular formula is C24H25F2N3O4. The summed E-state index contributed by atoms with van der Waals surface area (Å²) in [7, 11) is 0. The Morgan fingerprint density at radius 1 is 1.21 bits per heavy atom. The number of nitrogens with zero attached hydrogens (tertiary/aromatic N) is 3. The molecule has 0 bridgehead atoms. The molecule has 2 amide bonds. The number of pyridine rings is 1. The lowest BCUT2D eigenvalue weighted by atomic mass is 9.93. The van der Waals surface area contributed by atoms with Crippen molar-refractivity contribution in [2.75, 3.05) is 26.2 Å². The number of furan rings is 1. The first-order valence-electron chi connectivity index (χ1n) is 11.3. The molecule has 2 saturated heterocycles. The number of fused-ring (bicyclic) bond motifs is 3. The lowest BCUT2D eigenvalue weighted by Gasteiger charge is -2.27. The molecule has 9 heteroatoms. The minimum absolute atomic E-state index is 0.0153. The van der Waals surface area contributed by atoms with Crippen molar-refractivity contribution >= 4 is 33.8 Å². The number of ether oxygens (including phenoxy) is 1. The molecule has 2 aromatic heterocycles. The molecule has 5 rings (SSSR count). The Bertz CT molecular complexity index is 1190. The van der Waals surface area contributed by atoms with Crippen LogP contribution in [0.1, 0.15) is 43.6 Å². The Balaban J connectivity index is 1.39. The summed E-state index contributed by atoms with van der Waals surface area (Å²) >= 11 is 0. The number of hydrogen-bond donors (Lipinski definition) is 0. The first-order valence-corrected chi connectivity index (χ1v) is 11.3. The molecule has 174 valence electrons. The molecular weight excluding hydrogens is 432 g/mol. The van der Waals surface area contributed by atoms with Gasteiger partial charge in [0.1, 0.15) is 5.58 Å². The molecule has 2 aliphatic rings. The van der Waals surface area contributed by atoms with E-state index in [0.29, 0.717) is 35.9 Å². The van der Waals surface area contributed by atoms with Crippen molar-refractivity contribution < 1.29 is 27.5 Å². The summed E-state index contributed by atoms with van der Waals surface area (Å²) in [5.41, 5.74) is 1.57. The summed E-state index contributed by atoms with van der Waals surface area (Å²) in [6.45, 7) is -0.548. The van der Waals surface area contributed by atoms with Crippen LogP contribution in [0.25, 0.3) is 21.9 Å². The zero-order chi connectivity index (χ0) is 22.9. The summed E-state index contributed by atoms with van der Waals surface area (Å²) < 4.78 is 36.4. The van der Waals surface area contributed by atoms with Crippen LogP contribution in [-0.2, 0) is 9.59 Å². The zero-order valence-corrected chi connectivity index (χ0v) is 18.1. The normalized spacial score (nSPS) is 19.2. The Labute approximate surface area is 189 Å². The van der Waals surface area contributed by atoms with Crippen molar-refractivity contribution in [1.29, 1.82) is 0 Å². The van der Waals surface area contributed by atoms with E-state index in [1.165, 1.54) is 6.07 Å². The third-order valence-electron chi connectivity index (χ3n) is 6.59.